The fourth-order valence-electron chi connectivity index (χ4n) is 0.999. The lowest BCUT2D eigenvalue weighted by Crippen LogP contribution is -2.26. The van der Waals surface area contributed by atoms with Crippen LogP contribution in [-0.2, 0) is 4.79 Å². The second-order valence-corrected chi connectivity index (χ2v) is 4.21. The fraction of sp³-hybridized carbons (Fsp3) is 0.400. The molecule has 1 atom stereocenters. The molecule has 0 spiro atoms. The van der Waals surface area contributed by atoms with Gasteiger partial charge in [0.2, 0.25) is 5.91 Å². The van der Waals surface area contributed by atoms with E-state index in [1.54, 1.807) is 13.1 Å². The van der Waals surface area contributed by atoms with Gasteiger partial charge in [0, 0.05) is 12.5 Å². The predicted octanol–water partition coefficient (Wildman–Crippen LogP) is 1.69. The van der Waals surface area contributed by atoms with Crippen molar-refractivity contribution in [2.24, 2.45) is 11.7 Å². The van der Waals surface area contributed by atoms with Crippen LogP contribution in [0.15, 0.2) is 16.9 Å². The number of aryl methyl sites for hydroxylation is 1. The summed E-state index contributed by atoms with van der Waals surface area (Å²) in [5, 5.41) is 2.76. The van der Waals surface area contributed by atoms with E-state index in [4.69, 9.17) is 5.73 Å². The van der Waals surface area contributed by atoms with Gasteiger partial charge in [-0.15, -0.1) is 0 Å². The summed E-state index contributed by atoms with van der Waals surface area (Å²) >= 11 is 3.29. The largest absolute Gasteiger partial charge is 0.330 e. The minimum absolute atomic E-state index is 0.0824. The van der Waals surface area contributed by atoms with Crippen molar-refractivity contribution in [3.05, 3.63) is 22.4 Å². The lowest BCUT2D eigenvalue weighted by molar-refractivity contribution is -0.119. The zero-order valence-corrected chi connectivity index (χ0v) is 10.3. The molecule has 0 aromatic carbocycles. The maximum absolute atomic E-state index is 11.5. The zero-order valence-electron chi connectivity index (χ0n) is 8.75. The van der Waals surface area contributed by atoms with Crippen LogP contribution in [0.1, 0.15) is 12.5 Å². The maximum Gasteiger partial charge on any atom is 0.228 e. The van der Waals surface area contributed by atoms with E-state index in [9.17, 15) is 4.79 Å². The highest BCUT2D eigenvalue weighted by atomic mass is 79.9. The Bertz CT molecular complexity index is 368. The molecule has 0 bridgehead atoms. The van der Waals surface area contributed by atoms with E-state index in [0.29, 0.717) is 12.2 Å². The Morgan fingerprint density at radius 3 is 2.93 bits per heavy atom. The second-order valence-electron chi connectivity index (χ2n) is 3.46. The monoisotopic (exact) mass is 271 g/mol. The Morgan fingerprint density at radius 2 is 2.40 bits per heavy atom. The van der Waals surface area contributed by atoms with Gasteiger partial charge in [-0.1, -0.05) is 6.92 Å². The molecule has 1 unspecified atom stereocenters. The van der Waals surface area contributed by atoms with Crippen molar-refractivity contribution < 1.29 is 4.79 Å². The van der Waals surface area contributed by atoms with Gasteiger partial charge in [0.1, 0.15) is 4.60 Å². The number of hydrogen-bond donors (Lipinski definition) is 2. The van der Waals surface area contributed by atoms with E-state index in [0.717, 1.165) is 10.2 Å². The number of carbonyl (C=O) groups excluding carboxylic acids is 1. The van der Waals surface area contributed by atoms with Crippen molar-refractivity contribution in [2.45, 2.75) is 13.8 Å². The number of carbonyl (C=O) groups is 1. The van der Waals surface area contributed by atoms with Crippen LogP contribution in [0.3, 0.4) is 0 Å². The minimum Gasteiger partial charge on any atom is -0.330 e. The fourth-order valence-corrected chi connectivity index (χ4v) is 1.22. The molecule has 1 aromatic heterocycles. The summed E-state index contributed by atoms with van der Waals surface area (Å²) in [6.45, 7) is 4.04. The van der Waals surface area contributed by atoms with Crippen LogP contribution in [0.25, 0.3) is 0 Å². The van der Waals surface area contributed by atoms with Gasteiger partial charge < -0.3 is 11.1 Å². The first-order chi connectivity index (χ1) is 7.04. The van der Waals surface area contributed by atoms with Gasteiger partial charge in [-0.3, -0.25) is 4.79 Å². The third-order valence-electron chi connectivity index (χ3n) is 2.08. The summed E-state index contributed by atoms with van der Waals surface area (Å²) in [5.74, 6) is -0.269. The van der Waals surface area contributed by atoms with Crippen LogP contribution in [-0.4, -0.2) is 17.4 Å². The van der Waals surface area contributed by atoms with E-state index in [1.807, 2.05) is 13.0 Å². The molecular weight excluding hydrogens is 258 g/mol. The van der Waals surface area contributed by atoms with Crippen molar-refractivity contribution >= 4 is 27.5 Å². The molecule has 4 nitrogen and oxygen atoms in total. The van der Waals surface area contributed by atoms with Crippen molar-refractivity contribution in [3.8, 4) is 0 Å². The number of hydrogen-bond acceptors (Lipinski definition) is 3. The Labute approximate surface area is 97.4 Å². The number of halogens is 1. The molecule has 0 aliphatic heterocycles. The smallest absolute Gasteiger partial charge is 0.228 e. The summed E-state index contributed by atoms with van der Waals surface area (Å²) in [6.07, 6.45) is 1.61. The number of nitrogens with one attached hydrogen (secondary N) is 1. The van der Waals surface area contributed by atoms with E-state index in [1.165, 1.54) is 0 Å². The summed E-state index contributed by atoms with van der Waals surface area (Å²) in [6, 6.07) is 1.86. The first kappa shape index (κ1) is 12.1. The Kier molecular flexibility index (Phi) is 4.23. The average molecular weight is 272 g/mol. The highest BCUT2D eigenvalue weighted by Gasteiger charge is 2.11. The van der Waals surface area contributed by atoms with Crippen molar-refractivity contribution in [1.82, 2.24) is 4.98 Å². The van der Waals surface area contributed by atoms with E-state index in [2.05, 4.69) is 26.2 Å². The van der Waals surface area contributed by atoms with Crippen LogP contribution in [0.2, 0.25) is 0 Å². The van der Waals surface area contributed by atoms with E-state index >= 15 is 0 Å². The first-order valence-electron chi connectivity index (χ1n) is 4.67. The third-order valence-corrected chi connectivity index (χ3v) is 2.91. The molecule has 1 heterocycles. The number of aromatic nitrogens is 1. The molecule has 1 aromatic rings. The van der Waals surface area contributed by atoms with Crippen molar-refractivity contribution in [2.75, 3.05) is 11.9 Å². The Hall–Kier alpha value is -0.940. The van der Waals surface area contributed by atoms with Crippen molar-refractivity contribution in [3.63, 3.8) is 0 Å². The SMILES string of the molecule is Cc1cc(NC(=O)C(C)CN)cnc1Br. The second kappa shape index (κ2) is 5.23. The number of amides is 1. The summed E-state index contributed by atoms with van der Waals surface area (Å²) in [7, 11) is 0. The van der Waals surface area contributed by atoms with Crippen LogP contribution >= 0.6 is 15.9 Å². The molecular formula is C10H14BrN3O. The van der Waals surface area contributed by atoms with Gasteiger partial charge in [-0.2, -0.15) is 0 Å². The summed E-state index contributed by atoms with van der Waals surface area (Å²) < 4.78 is 0.785. The molecule has 0 radical (unpaired) electrons. The maximum atomic E-state index is 11.5. The van der Waals surface area contributed by atoms with Crippen LogP contribution < -0.4 is 11.1 Å². The average Bonchev–Trinajstić information content (AvgIpc) is 2.22. The zero-order chi connectivity index (χ0) is 11.4. The Morgan fingerprint density at radius 1 is 1.73 bits per heavy atom. The molecule has 0 saturated carbocycles. The summed E-state index contributed by atoms with van der Waals surface area (Å²) in [5.41, 5.74) is 7.07. The minimum atomic E-state index is -0.186. The lowest BCUT2D eigenvalue weighted by atomic mass is 10.1. The van der Waals surface area contributed by atoms with E-state index < -0.39 is 0 Å². The van der Waals surface area contributed by atoms with Gasteiger partial charge in [-0.05, 0) is 34.5 Å². The molecule has 0 saturated heterocycles. The van der Waals surface area contributed by atoms with Gasteiger partial charge in [0.05, 0.1) is 11.9 Å². The standard InChI is InChI=1S/C10H14BrN3O/c1-6-3-8(5-13-9(6)11)14-10(15)7(2)4-12/h3,5,7H,4,12H2,1-2H3,(H,14,15). The number of rotatable bonds is 3. The molecule has 0 fully saturated rings. The first-order valence-corrected chi connectivity index (χ1v) is 5.47. The molecule has 1 amide bonds. The molecule has 3 N–H and O–H groups in total. The highest BCUT2D eigenvalue weighted by molar-refractivity contribution is 9.10. The molecule has 1 rings (SSSR count). The number of pyridine rings is 1. The van der Waals surface area contributed by atoms with Crippen LogP contribution in [0.5, 0.6) is 0 Å². The van der Waals surface area contributed by atoms with Gasteiger partial charge >= 0.3 is 0 Å². The Balaban J connectivity index is 2.73. The van der Waals surface area contributed by atoms with Crippen molar-refractivity contribution in [1.29, 1.82) is 0 Å². The number of anilines is 1. The van der Waals surface area contributed by atoms with Gasteiger partial charge in [0.15, 0.2) is 0 Å². The number of nitrogens with zero attached hydrogens (tertiary/aromatic N) is 1. The summed E-state index contributed by atoms with van der Waals surface area (Å²) in [4.78, 5) is 15.6. The van der Waals surface area contributed by atoms with Gasteiger partial charge in [0.25, 0.3) is 0 Å². The molecule has 5 heteroatoms. The lowest BCUT2D eigenvalue weighted by Gasteiger charge is -2.10. The topological polar surface area (TPSA) is 68.0 Å². The van der Waals surface area contributed by atoms with E-state index in [-0.39, 0.29) is 11.8 Å². The molecule has 82 valence electrons. The quantitative estimate of drug-likeness (QED) is 0.823. The molecule has 0 aliphatic carbocycles. The van der Waals surface area contributed by atoms with Crippen LogP contribution in [0.4, 0.5) is 5.69 Å². The van der Waals surface area contributed by atoms with Crippen LogP contribution in [0, 0.1) is 12.8 Å². The third kappa shape index (κ3) is 3.28. The normalized spacial score (nSPS) is 12.3. The number of nitrogens with two attached hydrogens (primary N) is 1. The molecule has 15 heavy (non-hydrogen) atoms. The highest BCUT2D eigenvalue weighted by Crippen LogP contribution is 2.17. The predicted molar refractivity (Wildman–Crippen MR) is 63.5 cm³/mol. The van der Waals surface area contributed by atoms with Gasteiger partial charge in [-0.25, -0.2) is 4.98 Å². The molecule has 0 aliphatic rings.